The molecule has 0 bridgehead atoms. The highest BCUT2D eigenvalue weighted by atomic mass is 32.2. The number of carbonyl (C=O) groups is 1. The molecule has 1 unspecified atom stereocenters. The van der Waals surface area contributed by atoms with Crippen molar-refractivity contribution in [2.75, 3.05) is 18.1 Å². The monoisotopic (exact) mass is 256 g/mol. The number of ketones is 1. The summed E-state index contributed by atoms with van der Waals surface area (Å²) in [5.41, 5.74) is 0. The lowest BCUT2D eigenvalue weighted by Gasteiger charge is -2.20. The second-order valence-corrected chi connectivity index (χ2v) is 6.55. The fourth-order valence-electron chi connectivity index (χ4n) is 2.77. The van der Waals surface area contributed by atoms with E-state index in [1.54, 1.807) is 0 Å². The Morgan fingerprint density at radius 1 is 1.24 bits per heavy atom. The average molecular weight is 256 g/mol. The molecule has 2 nitrogen and oxygen atoms in total. The Bertz CT molecular complexity index is 230. The molecule has 0 N–H and O–H groups in total. The zero-order valence-corrected chi connectivity index (χ0v) is 11.5. The van der Waals surface area contributed by atoms with Gasteiger partial charge in [-0.25, -0.2) is 0 Å². The first-order valence-corrected chi connectivity index (χ1v) is 8.21. The second-order valence-electron chi connectivity index (χ2n) is 5.33. The smallest absolute Gasteiger partial charge is 0.133 e. The summed E-state index contributed by atoms with van der Waals surface area (Å²) in [7, 11) is 0. The molecule has 2 saturated heterocycles. The van der Waals surface area contributed by atoms with Crippen LogP contribution < -0.4 is 0 Å². The van der Waals surface area contributed by atoms with Crippen LogP contribution in [0.3, 0.4) is 0 Å². The van der Waals surface area contributed by atoms with Crippen LogP contribution in [-0.4, -0.2) is 30.0 Å². The lowest BCUT2D eigenvalue weighted by molar-refractivity contribution is -0.120. The van der Waals surface area contributed by atoms with Gasteiger partial charge in [0, 0.05) is 19.4 Å². The molecule has 2 heterocycles. The molecule has 0 spiro atoms. The predicted octanol–water partition coefficient (Wildman–Crippen LogP) is 3.44. The standard InChI is InChI=1S/C14H24O2S/c15-13(11-12-6-9-17-10-7-12)3-1-4-14-5-2-8-16-14/h12,14H,1-11H2. The van der Waals surface area contributed by atoms with Crippen molar-refractivity contribution in [3.63, 3.8) is 0 Å². The van der Waals surface area contributed by atoms with Crippen LogP contribution in [0.15, 0.2) is 0 Å². The van der Waals surface area contributed by atoms with E-state index < -0.39 is 0 Å². The van der Waals surface area contributed by atoms with Crippen molar-refractivity contribution >= 4 is 17.5 Å². The van der Waals surface area contributed by atoms with Crippen molar-refractivity contribution < 1.29 is 9.53 Å². The molecule has 0 amide bonds. The Labute approximate surface area is 109 Å². The van der Waals surface area contributed by atoms with Gasteiger partial charge in [0.25, 0.3) is 0 Å². The maximum Gasteiger partial charge on any atom is 0.133 e. The fraction of sp³-hybridized carbons (Fsp3) is 0.929. The van der Waals surface area contributed by atoms with Crippen LogP contribution in [0.1, 0.15) is 51.4 Å². The Balaban J connectivity index is 1.53. The van der Waals surface area contributed by atoms with Gasteiger partial charge in [0.15, 0.2) is 0 Å². The molecule has 0 saturated carbocycles. The summed E-state index contributed by atoms with van der Waals surface area (Å²) in [6.07, 6.45) is 9.11. The van der Waals surface area contributed by atoms with Crippen LogP contribution in [0.2, 0.25) is 0 Å². The van der Waals surface area contributed by atoms with E-state index in [1.165, 1.54) is 37.2 Å². The highest BCUT2D eigenvalue weighted by Gasteiger charge is 2.18. The quantitative estimate of drug-likeness (QED) is 0.728. The van der Waals surface area contributed by atoms with Crippen molar-refractivity contribution in [2.45, 2.75) is 57.5 Å². The second kappa shape index (κ2) is 7.42. The molecule has 2 rings (SSSR count). The summed E-state index contributed by atoms with van der Waals surface area (Å²) >= 11 is 2.03. The third kappa shape index (κ3) is 5.01. The summed E-state index contributed by atoms with van der Waals surface area (Å²) in [5.74, 6) is 3.69. The molecule has 17 heavy (non-hydrogen) atoms. The minimum atomic E-state index is 0.453. The average Bonchev–Trinajstić information content (AvgIpc) is 2.83. The molecule has 98 valence electrons. The molecular formula is C14H24O2S. The van der Waals surface area contributed by atoms with Gasteiger partial charge in [0.1, 0.15) is 5.78 Å². The van der Waals surface area contributed by atoms with Gasteiger partial charge in [-0.2, -0.15) is 11.8 Å². The Hall–Kier alpha value is -0.0200. The summed E-state index contributed by atoms with van der Waals surface area (Å²) in [4.78, 5) is 11.8. The van der Waals surface area contributed by atoms with Crippen molar-refractivity contribution in [2.24, 2.45) is 5.92 Å². The van der Waals surface area contributed by atoms with Crippen LogP contribution in [0.25, 0.3) is 0 Å². The Morgan fingerprint density at radius 2 is 2.06 bits per heavy atom. The number of ether oxygens (including phenoxy) is 1. The van der Waals surface area contributed by atoms with Gasteiger partial charge in [-0.05, 0) is 55.9 Å². The molecule has 3 heteroatoms. The van der Waals surface area contributed by atoms with E-state index in [9.17, 15) is 4.79 Å². The van der Waals surface area contributed by atoms with E-state index in [0.717, 1.165) is 32.3 Å². The van der Waals surface area contributed by atoms with Crippen molar-refractivity contribution in [1.29, 1.82) is 0 Å². The summed E-state index contributed by atoms with van der Waals surface area (Å²) in [5, 5.41) is 0. The minimum Gasteiger partial charge on any atom is -0.378 e. The van der Waals surface area contributed by atoms with Crippen LogP contribution in [0, 0.1) is 5.92 Å². The molecule has 2 fully saturated rings. The Kier molecular flexibility index (Phi) is 5.86. The number of rotatable bonds is 6. The van der Waals surface area contributed by atoms with Gasteiger partial charge in [-0.15, -0.1) is 0 Å². The van der Waals surface area contributed by atoms with Crippen LogP contribution in [0.5, 0.6) is 0 Å². The largest absolute Gasteiger partial charge is 0.378 e. The molecule has 0 aromatic carbocycles. The van der Waals surface area contributed by atoms with Crippen molar-refractivity contribution in [3.05, 3.63) is 0 Å². The maximum atomic E-state index is 11.8. The zero-order valence-electron chi connectivity index (χ0n) is 10.7. The summed E-state index contributed by atoms with van der Waals surface area (Å²) in [6.45, 7) is 0.929. The van der Waals surface area contributed by atoms with Crippen LogP contribution in [0.4, 0.5) is 0 Å². The normalized spacial score (nSPS) is 26.2. The first kappa shape index (κ1) is 13.4. The topological polar surface area (TPSA) is 26.3 Å². The molecule has 0 aliphatic carbocycles. The SMILES string of the molecule is O=C(CCCC1CCCO1)CC1CCSCC1. The molecule has 2 aliphatic heterocycles. The van der Waals surface area contributed by atoms with Gasteiger partial charge in [-0.3, -0.25) is 4.79 Å². The first-order chi connectivity index (χ1) is 8.34. The predicted molar refractivity (Wildman–Crippen MR) is 72.5 cm³/mol. The number of hydrogen-bond acceptors (Lipinski definition) is 3. The zero-order chi connectivity index (χ0) is 11.9. The highest BCUT2D eigenvalue weighted by molar-refractivity contribution is 7.99. The summed E-state index contributed by atoms with van der Waals surface area (Å²) in [6, 6.07) is 0. The van der Waals surface area contributed by atoms with E-state index >= 15 is 0 Å². The number of Topliss-reactive ketones (excluding diaryl/α,β-unsaturated/α-hetero) is 1. The van der Waals surface area contributed by atoms with Gasteiger partial charge in [0.05, 0.1) is 6.10 Å². The third-order valence-corrected chi connectivity index (χ3v) is 4.91. The fourth-order valence-corrected chi connectivity index (χ4v) is 3.98. The lowest BCUT2D eigenvalue weighted by Crippen LogP contribution is -2.14. The van der Waals surface area contributed by atoms with Crippen LogP contribution in [-0.2, 0) is 9.53 Å². The molecule has 0 aromatic heterocycles. The van der Waals surface area contributed by atoms with E-state index in [1.807, 2.05) is 11.8 Å². The number of hydrogen-bond donors (Lipinski definition) is 0. The maximum absolute atomic E-state index is 11.8. The van der Waals surface area contributed by atoms with E-state index in [2.05, 4.69) is 0 Å². The van der Waals surface area contributed by atoms with Gasteiger partial charge in [0.2, 0.25) is 0 Å². The van der Waals surface area contributed by atoms with E-state index in [0.29, 0.717) is 17.8 Å². The van der Waals surface area contributed by atoms with Gasteiger partial charge < -0.3 is 4.74 Å². The highest BCUT2D eigenvalue weighted by Crippen LogP contribution is 2.26. The minimum absolute atomic E-state index is 0.453. The lowest BCUT2D eigenvalue weighted by atomic mass is 9.94. The van der Waals surface area contributed by atoms with Gasteiger partial charge >= 0.3 is 0 Å². The molecule has 1 atom stereocenters. The number of carbonyl (C=O) groups excluding carboxylic acids is 1. The van der Waals surface area contributed by atoms with Crippen molar-refractivity contribution in [1.82, 2.24) is 0 Å². The van der Waals surface area contributed by atoms with Crippen LogP contribution >= 0.6 is 11.8 Å². The molecular weight excluding hydrogens is 232 g/mol. The molecule has 0 radical (unpaired) electrons. The summed E-state index contributed by atoms with van der Waals surface area (Å²) < 4.78 is 5.57. The van der Waals surface area contributed by atoms with E-state index in [4.69, 9.17) is 4.74 Å². The third-order valence-electron chi connectivity index (χ3n) is 3.86. The van der Waals surface area contributed by atoms with E-state index in [-0.39, 0.29) is 0 Å². The Morgan fingerprint density at radius 3 is 2.76 bits per heavy atom. The molecule has 2 aliphatic rings. The molecule has 0 aromatic rings. The first-order valence-electron chi connectivity index (χ1n) is 7.05. The van der Waals surface area contributed by atoms with Gasteiger partial charge in [-0.1, -0.05) is 0 Å². The number of thioether (sulfide) groups is 1. The van der Waals surface area contributed by atoms with Crippen molar-refractivity contribution in [3.8, 4) is 0 Å².